The summed E-state index contributed by atoms with van der Waals surface area (Å²) in [5, 5.41) is 2.03. The van der Waals surface area contributed by atoms with Gasteiger partial charge in [0.1, 0.15) is 5.76 Å². The first kappa shape index (κ1) is 15.6. The van der Waals surface area contributed by atoms with Crippen LogP contribution >= 0.6 is 11.3 Å². The number of thiophene rings is 1. The maximum absolute atomic E-state index is 12.8. The summed E-state index contributed by atoms with van der Waals surface area (Å²) in [4.78, 5) is 15.8. The number of hydrogen-bond donors (Lipinski definition) is 0. The van der Waals surface area contributed by atoms with Crippen molar-refractivity contribution in [2.24, 2.45) is 0 Å². The van der Waals surface area contributed by atoms with Gasteiger partial charge in [0.2, 0.25) is 5.91 Å². The Labute approximate surface area is 140 Å². The molecular formula is C19H19NO2S. The summed E-state index contributed by atoms with van der Waals surface area (Å²) in [5.74, 6) is 0.920. The molecule has 0 atom stereocenters. The van der Waals surface area contributed by atoms with Gasteiger partial charge in [-0.2, -0.15) is 0 Å². The minimum atomic E-state index is 0.115. The SMILES string of the molecule is Cc1ccccc1CC(=O)N(Cc1ccco1)Cc1cccs1. The van der Waals surface area contributed by atoms with E-state index in [1.165, 1.54) is 4.88 Å². The van der Waals surface area contributed by atoms with Crippen molar-refractivity contribution in [3.05, 3.63) is 81.9 Å². The van der Waals surface area contributed by atoms with Gasteiger partial charge in [-0.25, -0.2) is 0 Å². The number of amides is 1. The molecule has 0 bridgehead atoms. The van der Waals surface area contributed by atoms with E-state index in [0.717, 1.165) is 16.9 Å². The zero-order valence-corrected chi connectivity index (χ0v) is 13.9. The molecule has 118 valence electrons. The van der Waals surface area contributed by atoms with Crippen molar-refractivity contribution in [1.29, 1.82) is 0 Å². The topological polar surface area (TPSA) is 33.5 Å². The van der Waals surface area contributed by atoms with Gasteiger partial charge in [0.05, 0.1) is 25.8 Å². The van der Waals surface area contributed by atoms with Crippen LogP contribution in [0.2, 0.25) is 0 Å². The van der Waals surface area contributed by atoms with Gasteiger partial charge >= 0.3 is 0 Å². The number of aryl methyl sites for hydroxylation is 1. The lowest BCUT2D eigenvalue weighted by molar-refractivity contribution is -0.131. The Hall–Kier alpha value is -2.33. The number of furan rings is 1. The van der Waals surface area contributed by atoms with Crippen LogP contribution in [0.25, 0.3) is 0 Å². The fraction of sp³-hybridized carbons (Fsp3) is 0.211. The van der Waals surface area contributed by atoms with E-state index in [1.807, 2.05) is 59.7 Å². The predicted molar refractivity (Wildman–Crippen MR) is 92.2 cm³/mol. The van der Waals surface area contributed by atoms with E-state index >= 15 is 0 Å². The van der Waals surface area contributed by atoms with E-state index in [4.69, 9.17) is 4.42 Å². The standard InChI is InChI=1S/C19H19NO2S/c1-15-6-2-3-7-16(15)12-19(21)20(13-17-8-4-10-22-17)14-18-9-5-11-23-18/h2-11H,12-14H2,1H3. The van der Waals surface area contributed by atoms with Crippen LogP contribution in [0.15, 0.2) is 64.6 Å². The van der Waals surface area contributed by atoms with E-state index in [2.05, 4.69) is 6.07 Å². The molecule has 0 saturated carbocycles. The second-order valence-electron chi connectivity index (χ2n) is 5.51. The molecule has 0 radical (unpaired) electrons. The number of rotatable bonds is 6. The zero-order valence-electron chi connectivity index (χ0n) is 13.1. The first-order valence-electron chi connectivity index (χ1n) is 7.59. The summed E-state index contributed by atoms with van der Waals surface area (Å²) < 4.78 is 5.42. The van der Waals surface area contributed by atoms with Crippen molar-refractivity contribution in [1.82, 2.24) is 4.90 Å². The molecule has 23 heavy (non-hydrogen) atoms. The third-order valence-corrected chi connectivity index (χ3v) is 4.67. The van der Waals surface area contributed by atoms with Gasteiger partial charge in [0, 0.05) is 4.88 Å². The summed E-state index contributed by atoms with van der Waals surface area (Å²) in [6.07, 6.45) is 2.06. The van der Waals surface area contributed by atoms with Crippen molar-refractivity contribution in [3.8, 4) is 0 Å². The summed E-state index contributed by atoms with van der Waals surface area (Å²) in [6, 6.07) is 15.9. The van der Waals surface area contributed by atoms with Gasteiger partial charge in [-0.1, -0.05) is 30.3 Å². The third-order valence-electron chi connectivity index (χ3n) is 3.81. The highest BCUT2D eigenvalue weighted by molar-refractivity contribution is 7.09. The van der Waals surface area contributed by atoms with E-state index in [0.29, 0.717) is 19.5 Å². The van der Waals surface area contributed by atoms with Crippen LogP contribution in [0.1, 0.15) is 21.8 Å². The van der Waals surface area contributed by atoms with E-state index in [9.17, 15) is 4.79 Å². The lowest BCUT2D eigenvalue weighted by Gasteiger charge is -2.21. The van der Waals surface area contributed by atoms with E-state index in [1.54, 1.807) is 17.6 Å². The largest absolute Gasteiger partial charge is 0.467 e. The van der Waals surface area contributed by atoms with Crippen LogP contribution in [0, 0.1) is 6.92 Å². The molecule has 2 aromatic heterocycles. The summed E-state index contributed by atoms with van der Waals surface area (Å²) >= 11 is 1.67. The number of hydrogen-bond acceptors (Lipinski definition) is 3. The minimum Gasteiger partial charge on any atom is -0.467 e. The molecule has 3 rings (SSSR count). The van der Waals surface area contributed by atoms with Gasteiger partial charge in [-0.3, -0.25) is 4.79 Å². The molecule has 0 N–H and O–H groups in total. The van der Waals surface area contributed by atoms with Gasteiger partial charge in [-0.05, 0) is 41.6 Å². The molecule has 0 aliphatic rings. The first-order valence-corrected chi connectivity index (χ1v) is 8.47. The maximum Gasteiger partial charge on any atom is 0.227 e. The fourth-order valence-corrected chi connectivity index (χ4v) is 3.22. The van der Waals surface area contributed by atoms with Crippen LogP contribution in [0.5, 0.6) is 0 Å². The van der Waals surface area contributed by atoms with Crippen molar-refractivity contribution in [3.63, 3.8) is 0 Å². The summed E-state index contributed by atoms with van der Waals surface area (Å²) in [5.41, 5.74) is 2.23. The van der Waals surface area contributed by atoms with Gasteiger partial charge in [0.25, 0.3) is 0 Å². The molecule has 0 fully saturated rings. The normalized spacial score (nSPS) is 10.7. The molecule has 3 nitrogen and oxygen atoms in total. The lowest BCUT2D eigenvalue weighted by atomic mass is 10.1. The van der Waals surface area contributed by atoms with Crippen LogP contribution in [0.4, 0.5) is 0 Å². The molecule has 4 heteroatoms. The Morgan fingerprint density at radius 3 is 2.65 bits per heavy atom. The zero-order chi connectivity index (χ0) is 16.1. The minimum absolute atomic E-state index is 0.115. The Bertz CT molecular complexity index is 711. The fourth-order valence-electron chi connectivity index (χ4n) is 2.50. The molecule has 0 unspecified atom stereocenters. The average molecular weight is 325 g/mol. The van der Waals surface area contributed by atoms with Gasteiger partial charge < -0.3 is 9.32 Å². The highest BCUT2D eigenvalue weighted by Crippen LogP contribution is 2.17. The number of carbonyl (C=O) groups is 1. The Balaban J connectivity index is 1.76. The second-order valence-corrected chi connectivity index (χ2v) is 6.54. The number of nitrogens with zero attached hydrogens (tertiary/aromatic N) is 1. The summed E-state index contributed by atoms with van der Waals surface area (Å²) in [7, 11) is 0. The summed E-state index contributed by atoms with van der Waals surface area (Å²) in [6.45, 7) is 3.15. The maximum atomic E-state index is 12.8. The average Bonchev–Trinajstić information content (AvgIpc) is 3.22. The molecule has 0 aliphatic carbocycles. The van der Waals surface area contributed by atoms with E-state index < -0.39 is 0 Å². The molecule has 0 aliphatic heterocycles. The Morgan fingerprint density at radius 2 is 1.96 bits per heavy atom. The highest BCUT2D eigenvalue weighted by atomic mass is 32.1. The molecule has 2 heterocycles. The van der Waals surface area contributed by atoms with Crippen LogP contribution in [-0.2, 0) is 24.3 Å². The first-order chi connectivity index (χ1) is 11.2. The molecule has 0 spiro atoms. The van der Waals surface area contributed by atoms with Crippen LogP contribution in [0.3, 0.4) is 0 Å². The monoisotopic (exact) mass is 325 g/mol. The quantitative estimate of drug-likeness (QED) is 0.672. The van der Waals surface area contributed by atoms with Crippen LogP contribution in [-0.4, -0.2) is 10.8 Å². The molecule has 1 aromatic carbocycles. The molecule has 0 saturated heterocycles. The number of carbonyl (C=O) groups excluding carboxylic acids is 1. The number of benzene rings is 1. The highest BCUT2D eigenvalue weighted by Gasteiger charge is 2.17. The van der Waals surface area contributed by atoms with Crippen molar-refractivity contribution in [2.75, 3.05) is 0 Å². The van der Waals surface area contributed by atoms with Crippen molar-refractivity contribution in [2.45, 2.75) is 26.4 Å². The van der Waals surface area contributed by atoms with Crippen LogP contribution < -0.4 is 0 Å². The molecule has 3 aromatic rings. The Kier molecular flexibility index (Phi) is 4.93. The molecule has 1 amide bonds. The smallest absolute Gasteiger partial charge is 0.227 e. The Morgan fingerprint density at radius 1 is 1.09 bits per heavy atom. The second kappa shape index (κ2) is 7.29. The molecular weight excluding hydrogens is 306 g/mol. The third kappa shape index (κ3) is 4.11. The lowest BCUT2D eigenvalue weighted by Crippen LogP contribution is -2.31. The van der Waals surface area contributed by atoms with E-state index in [-0.39, 0.29) is 5.91 Å². The van der Waals surface area contributed by atoms with Gasteiger partial charge in [0.15, 0.2) is 0 Å². The van der Waals surface area contributed by atoms with Crippen molar-refractivity contribution >= 4 is 17.2 Å². The predicted octanol–water partition coefficient (Wildman–Crippen LogP) is 4.42. The van der Waals surface area contributed by atoms with Crippen molar-refractivity contribution < 1.29 is 9.21 Å². The van der Waals surface area contributed by atoms with Gasteiger partial charge in [-0.15, -0.1) is 11.3 Å².